The van der Waals surface area contributed by atoms with Crippen LogP contribution in [0, 0.1) is 23.7 Å². The average Bonchev–Trinajstić information content (AvgIpc) is 3.42. The summed E-state index contributed by atoms with van der Waals surface area (Å²) in [7, 11) is 1.40. The molecule has 0 radical (unpaired) electrons. The highest BCUT2D eigenvalue weighted by atomic mass is 35.5. The second-order valence-electron chi connectivity index (χ2n) is 11.5. The molecule has 43 heavy (non-hydrogen) atoms. The van der Waals surface area contributed by atoms with Crippen LogP contribution in [0.1, 0.15) is 29.9 Å². The summed E-state index contributed by atoms with van der Waals surface area (Å²) >= 11 is 12.8. The second-order valence-corrected chi connectivity index (χ2v) is 12.3. The Morgan fingerprint density at radius 2 is 1.72 bits per heavy atom. The Labute approximate surface area is 257 Å². The molecule has 0 aromatic heterocycles. The molecule has 2 heterocycles. The van der Waals surface area contributed by atoms with E-state index in [1.54, 1.807) is 36.4 Å². The third kappa shape index (κ3) is 3.82. The third-order valence-corrected chi connectivity index (χ3v) is 10.1. The molecule has 2 aliphatic carbocycles. The minimum atomic E-state index is -1.44. The summed E-state index contributed by atoms with van der Waals surface area (Å²) in [5, 5.41) is 13.5. The fraction of sp³-hybridized carbons (Fsp3) is 0.273. The van der Waals surface area contributed by atoms with Crippen LogP contribution in [0.3, 0.4) is 0 Å². The first kappa shape index (κ1) is 27.7. The highest BCUT2D eigenvalue weighted by Crippen LogP contribution is 2.64. The summed E-state index contributed by atoms with van der Waals surface area (Å²) < 4.78 is 5.46. The van der Waals surface area contributed by atoms with Gasteiger partial charge in [0.25, 0.3) is 0 Å². The van der Waals surface area contributed by atoms with Gasteiger partial charge < -0.3 is 9.84 Å². The zero-order chi connectivity index (χ0) is 30.2. The van der Waals surface area contributed by atoms with Crippen LogP contribution in [-0.4, -0.2) is 35.8 Å². The number of phenolic OH excluding ortho intramolecular Hbond substituents is 1. The minimum Gasteiger partial charge on any atom is -0.503 e. The van der Waals surface area contributed by atoms with Crippen molar-refractivity contribution in [2.75, 3.05) is 12.0 Å². The van der Waals surface area contributed by atoms with E-state index in [0.717, 1.165) is 5.57 Å². The number of allylic oxidation sites excluding steroid dienone is 2. The molecular formula is C33H26Cl2N2O6. The van der Waals surface area contributed by atoms with Crippen molar-refractivity contribution in [3.8, 4) is 11.5 Å². The monoisotopic (exact) mass is 616 g/mol. The van der Waals surface area contributed by atoms with Gasteiger partial charge >= 0.3 is 0 Å². The molecule has 8 nitrogen and oxygen atoms in total. The maximum atomic E-state index is 15.1. The van der Waals surface area contributed by atoms with Crippen molar-refractivity contribution in [1.29, 1.82) is 0 Å². The first-order valence-corrected chi connectivity index (χ1v) is 14.7. The van der Waals surface area contributed by atoms with Crippen LogP contribution in [0.5, 0.6) is 11.5 Å². The summed E-state index contributed by atoms with van der Waals surface area (Å²) in [6.07, 6.45) is 2.44. The summed E-state index contributed by atoms with van der Waals surface area (Å²) in [5.74, 6) is -5.10. The van der Waals surface area contributed by atoms with Crippen LogP contribution in [0.2, 0.25) is 10.0 Å². The number of phenols is 1. The number of nitrogens with zero attached hydrogens (tertiary/aromatic N) is 1. The largest absolute Gasteiger partial charge is 0.503 e. The van der Waals surface area contributed by atoms with Gasteiger partial charge in [-0.2, -0.15) is 0 Å². The van der Waals surface area contributed by atoms with Gasteiger partial charge in [0.2, 0.25) is 23.6 Å². The third-order valence-electron chi connectivity index (χ3n) is 9.61. The molecular weight excluding hydrogens is 591 g/mol. The number of hydrogen-bond acceptors (Lipinski definition) is 6. The summed E-state index contributed by atoms with van der Waals surface area (Å²) in [6.45, 7) is 0. The highest BCUT2D eigenvalue weighted by molar-refractivity contribution is 6.33. The Hall–Kier alpha value is -4.14. The molecule has 10 heteroatoms. The van der Waals surface area contributed by atoms with Crippen LogP contribution < -0.4 is 15.0 Å². The van der Waals surface area contributed by atoms with E-state index in [1.165, 1.54) is 12.0 Å². The predicted molar refractivity (Wildman–Crippen MR) is 159 cm³/mol. The smallest absolute Gasteiger partial charge is 0.246 e. The number of benzene rings is 3. The lowest BCUT2D eigenvalue weighted by Gasteiger charge is -2.50. The Morgan fingerprint density at radius 3 is 2.44 bits per heavy atom. The molecule has 2 N–H and O–H groups in total. The first-order valence-electron chi connectivity index (χ1n) is 14.0. The number of imide groups is 2. The number of anilines is 1. The number of aromatic hydroxyl groups is 1. The zero-order valence-corrected chi connectivity index (χ0v) is 24.4. The van der Waals surface area contributed by atoms with E-state index in [1.807, 2.05) is 36.4 Å². The van der Waals surface area contributed by atoms with Gasteiger partial charge in [0.15, 0.2) is 11.5 Å². The minimum absolute atomic E-state index is 0.0165. The van der Waals surface area contributed by atoms with E-state index < -0.39 is 46.8 Å². The number of fused-ring (bicyclic) bond motifs is 4. The van der Waals surface area contributed by atoms with Gasteiger partial charge in [0, 0.05) is 10.9 Å². The Morgan fingerprint density at radius 1 is 0.953 bits per heavy atom. The fourth-order valence-electron chi connectivity index (χ4n) is 7.95. The van der Waals surface area contributed by atoms with Gasteiger partial charge in [-0.3, -0.25) is 24.5 Å². The molecule has 2 aliphatic heterocycles. The molecule has 6 atom stereocenters. The standard InChI is InChI=1S/C33H26Cl2N2O6/c1-43-25-13-16(12-24(35)28(25)38)27-20-10-11-21-26(30(40)36-29(21)39)22(20)15-23-31(41)37(19-9-5-8-18(34)14-19)32(42)33(23,27)17-6-3-2-4-7-17/h2-10,12-14,21-23,26-27,38H,11,15H2,1H3,(H,36,39,40). The first-order chi connectivity index (χ1) is 20.7. The van der Waals surface area contributed by atoms with Crippen molar-refractivity contribution in [1.82, 2.24) is 5.32 Å². The van der Waals surface area contributed by atoms with Gasteiger partial charge in [0.05, 0.1) is 41.0 Å². The molecule has 6 unspecified atom stereocenters. The number of ether oxygens (including phenoxy) is 1. The fourth-order valence-corrected chi connectivity index (χ4v) is 8.35. The van der Waals surface area contributed by atoms with Crippen LogP contribution >= 0.6 is 23.2 Å². The van der Waals surface area contributed by atoms with Crippen LogP contribution in [0.25, 0.3) is 0 Å². The van der Waals surface area contributed by atoms with Gasteiger partial charge in [-0.25, -0.2) is 4.90 Å². The van der Waals surface area contributed by atoms with Gasteiger partial charge in [-0.1, -0.05) is 71.2 Å². The van der Waals surface area contributed by atoms with E-state index in [0.29, 0.717) is 28.3 Å². The second kappa shape index (κ2) is 9.96. The Balaban J connectivity index is 1.54. The molecule has 3 fully saturated rings. The molecule has 0 spiro atoms. The SMILES string of the molecule is COc1cc(C2C3=CCC4C(=O)NC(=O)C4C3CC3C(=O)N(c4cccc(Cl)c4)C(=O)C32c2ccccc2)cc(Cl)c1O. The van der Waals surface area contributed by atoms with E-state index >= 15 is 4.79 Å². The van der Waals surface area contributed by atoms with Crippen molar-refractivity contribution >= 4 is 52.5 Å². The number of carbonyl (C=O) groups excluding carboxylic acids is 4. The van der Waals surface area contributed by atoms with E-state index in [4.69, 9.17) is 27.9 Å². The van der Waals surface area contributed by atoms with Crippen LogP contribution in [0.4, 0.5) is 5.69 Å². The van der Waals surface area contributed by atoms with Crippen molar-refractivity contribution in [3.63, 3.8) is 0 Å². The molecule has 4 aliphatic rings. The highest BCUT2D eigenvalue weighted by Gasteiger charge is 2.69. The van der Waals surface area contributed by atoms with E-state index in [9.17, 15) is 19.5 Å². The van der Waals surface area contributed by atoms with Crippen molar-refractivity contribution < 1.29 is 29.0 Å². The number of amides is 4. The molecule has 3 aromatic rings. The number of nitrogens with one attached hydrogen (secondary N) is 1. The normalized spacial score (nSPS) is 29.5. The van der Waals surface area contributed by atoms with Gasteiger partial charge in [-0.15, -0.1) is 0 Å². The van der Waals surface area contributed by atoms with Crippen molar-refractivity contribution in [2.45, 2.75) is 24.2 Å². The maximum absolute atomic E-state index is 15.1. The number of methoxy groups -OCH3 is 1. The van der Waals surface area contributed by atoms with Gasteiger partial charge in [0.1, 0.15) is 0 Å². The molecule has 4 amide bonds. The molecule has 1 saturated carbocycles. The molecule has 2 saturated heterocycles. The number of carbonyl (C=O) groups is 4. The quantitative estimate of drug-likeness (QED) is 0.309. The van der Waals surface area contributed by atoms with E-state index in [2.05, 4.69) is 5.32 Å². The number of rotatable bonds is 4. The summed E-state index contributed by atoms with van der Waals surface area (Å²) in [4.78, 5) is 56.8. The molecule has 0 bridgehead atoms. The Bertz CT molecular complexity index is 1760. The zero-order valence-electron chi connectivity index (χ0n) is 22.9. The average molecular weight is 617 g/mol. The van der Waals surface area contributed by atoms with E-state index in [-0.39, 0.29) is 34.8 Å². The molecule has 218 valence electrons. The lowest BCUT2D eigenvalue weighted by atomic mass is 9.49. The summed E-state index contributed by atoms with van der Waals surface area (Å²) in [5.41, 5.74) is 0.853. The maximum Gasteiger partial charge on any atom is 0.246 e. The lowest BCUT2D eigenvalue weighted by molar-refractivity contribution is -0.128. The van der Waals surface area contributed by atoms with Crippen LogP contribution in [0.15, 0.2) is 78.4 Å². The summed E-state index contributed by atoms with van der Waals surface area (Å²) in [6, 6.07) is 19.0. The Kier molecular flexibility index (Phi) is 6.41. The van der Waals surface area contributed by atoms with Gasteiger partial charge in [-0.05, 0) is 60.2 Å². The lowest BCUT2D eigenvalue weighted by Crippen LogP contribution is -2.53. The number of halogens is 2. The van der Waals surface area contributed by atoms with Crippen molar-refractivity contribution in [2.24, 2.45) is 23.7 Å². The molecule has 7 rings (SSSR count). The van der Waals surface area contributed by atoms with Crippen molar-refractivity contribution in [3.05, 3.63) is 99.6 Å². The number of hydrogen-bond donors (Lipinski definition) is 2. The molecule has 3 aromatic carbocycles. The topological polar surface area (TPSA) is 113 Å². The van der Waals surface area contributed by atoms with Crippen LogP contribution in [-0.2, 0) is 24.6 Å². The predicted octanol–water partition coefficient (Wildman–Crippen LogP) is 5.16.